The number of esters is 1. The molecule has 1 aliphatic rings. The van der Waals surface area contributed by atoms with Crippen LogP contribution in [0.3, 0.4) is 0 Å². The first-order chi connectivity index (χ1) is 14.9. The van der Waals surface area contributed by atoms with Crippen molar-refractivity contribution in [1.29, 1.82) is 0 Å². The van der Waals surface area contributed by atoms with Gasteiger partial charge in [0, 0.05) is 18.9 Å². The van der Waals surface area contributed by atoms with Gasteiger partial charge in [0.2, 0.25) is 0 Å². The number of hydrogen-bond donors (Lipinski definition) is 1. The van der Waals surface area contributed by atoms with Gasteiger partial charge in [-0.3, -0.25) is 15.0 Å². The zero-order valence-electron chi connectivity index (χ0n) is 17.2. The van der Waals surface area contributed by atoms with E-state index in [-0.39, 0.29) is 36.6 Å². The van der Waals surface area contributed by atoms with Crippen LogP contribution >= 0.6 is 0 Å². The Bertz CT molecular complexity index is 1010. The molecule has 0 bridgehead atoms. The molecule has 1 N–H and O–H groups in total. The Morgan fingerprint density at radius 2 is 1.81 bits per heavy atom. The fourth-order valence-corrected chi connectivity index (χ4v) is 3.43. The zero-order chi connectivity index (χ0) is 22.4. The molecule has 0 radical (unpaired) electrons. The molecule has 0 saturated carbocycles. The van der Waals surface area contributed by atoms with Gasteiger partial charge in [0.1, 0.15) is 6.61 Å². The van der Waals surface area contributed by atoms with Crippen LogP contribution in [0.4, 0.5) is 10.5 Å². The highest BCUT2D eigenvalue weighted by molar-refractivity contribution is 5.95. The molecule has 0 unspecified atom stereocenters. The first kappa shape index (κ1) is 22.0. The van der Waals surface area contributed by atoms with Crippen LogP contribution in [0.15, 0.2) is 65.9 Å². The second kappa shape index (κ2) is 9.86. The molecule has 0 aromatic heterocycles. The van der Waals surface area contributed by atoms with Crippen molar-refractivity contribution in [1.82, 2.24) is 10.2 Å². The molecule has 0 aliphatic carbocycles. The lowest BCUT2D eigenvalue weighted by atomic mass is 9.93. The minimum atomic E-state index is -1.02. The lowest BCUT2D eigenvalue weighted by Crippen LogP contribution is -2.47. The van der Waals surface area contributed by atoms with Crippen molar-refractivity contribution < 1.29 is 24.0 Å². The van der Waals surface area contributed by atoms with E-state index in [0.717, 1.165) is 5.56 Å². The van der Waals surface area contributed by atoms with E-state index in [1.165, 1.54) is 30.2 Å². The fourth-order valence-electron chi connectivity index (χ4n) is 3.43. The number of nitro benzene ring substituents is 1. The Morgan fingerprint density at radius 1 is 1.13 bits per heavy atom. The van der Waals surface area contributed by atoms with E-state index in [4.69, 9.17) is 9.47 Å². The van der Waals surface area contributed by atoms with Crippen LogP contribution in [0.25, 0.3) is 0 Å². The number of allylic oxidation sites excluding steroid dienone is 1. The molecule has 0 fully saturated rings. The molecule has 2 aromatic rings. The number of rotatable bonds is 8. The maximum Gasteiger partial charge on any atom is 0.338 e. The number of ether oxygens (including phenoxy) is 2. The maximum absolute atomic E-state index is 13.0. The van der Waals surface area contributed by atoms with Gasteiger partial charge in [-0.2, -0.15) is 0 Å². The molecular weight excluding hydrogens is 402 g/mol. The van der Waals surface area contributed by atoms with E-state index >= 15 is 0 Å². The number of nitrogens with one attached hydrogen (secondary N) is 1. The van der Waals surface area contributed by atoms with E-state index in [9.17, 15) is 19.7 Å². The summed E-state index contributed by atoms with van der Waals surface area (Å²) in [6.07, 6.45) is 0. The third-order valence-electron chi connectivity index (χ3n) is 4.96. The third-order valence-corrected chi connectivity index (χ3v) is 4.96. The zero-order valence-corrected chi connectivity index (χ0v) is 17.2. The molecule has 0 spiro atoms. The molecule has 162 valence electrons. The molecule has 9 nitrogen and oxygen atoms in total. The van der Waals surface area contributed by atoms with Crippen LogP contribution < -0.4 is 5.32 Å². The Hall–Kier alpha value is -3.72. The average molecular weight is 425 g/mol. The number of amides is 2. The summed E-state index contributed by atoms with van der Waals surface area (Å²) >= 11 is 0. The van der Waals surface area contributed by atoms with Crippen LogP contribution in [-0.2, 0) is 20.8 Å². The predicted molar refractivity (Wildman–Crippen MR) is 112 cm³/mol. The van der Waals surface area contributed by atoms with Crippen molar-refractivity contribution in [3.8, 4) is 0 Å². The Balaban J connectivity index is 2.05. The molecule has 1 atom stereocenters. The summed E-state index contributed by atoms with van der Waals surface area (Å²) in [6, 6.07) is 13.8. The highest BCUT2D eigenvalue weighted by Gasteiger charge is 2.39. The predicted octanol–water partition coefficient (Wildman–Crippen LogP) is 3.32. The molecule has 2 aromatic carbocycles. The van der Waals surface area contributed by atoms with E-state index in [2.05, 4.69) is 5.32 Å². The molecule has 3 rings (SSSR count). The van der Waals surface area contributed by atoms with Gasteiger partial charge in [-0.05, 0) is 18.6 Å². The lowest BCUT2D eigenvalue weighted by molar-refractivity contribution is -0.385. The summed E-state index contributed by atoms with van der Waals surface area (Å²) in [4.78, 5) is 38.3. The summed E-state index contributed by atoms with van der Waals surface area (Å²) < 4.78 is 10.2. The number of nitrogens with zero attached hydrogens (tertiary/aromatic N) is 2. The van der Waals surface area contributed by atoms with Crippen molar-refractivity contribution in [2.24, 2.45) is 0 Å². The van der Waals surface area contributed by atoms with Crippen molar-refractivity contribution in [3.05, 3.63) is 87.1 Å². The van der Waals surface area contributed by atoms with E-state index in [1.807, 2.05) is 30.3 Å². The van der Waals surface area contributed by atoms with E-state index < -0.39 is 23.0 Å². The number of hydrogen-bond acceptors (Lipinski definition) is 6. The Kier molecular flexibility index (Phi) is 6.99. The first-order valence-corrected chi connectivity index (χ1v) is 9.66. The van der Waals surface area contributed by atoms with Crippen molar-refractivity contribution in [2.75, 3.05) is 20.3 Å². The van der Waals surface area contributed by atoms with Crippen LogP contribution in [0.1, 0.15) is 24.1 Å². The van der Waals surface area contributed by atoms with E-state index in [0.29, 0.717) is 5.70 Å². The lowest BCUT2D eigenvalue weighted by Gasteiger charge is -2.35. The van der Waals surface area contributed by atoms with Crippen molar-refractivity contribution in [3.63, 3.8) is 0 Å². The molecule has 2 amide bonds. The van der Waals surface area contributed by atoms with Gasteiger partial charge in [0.05, 0.1) is 35.3 Å². The smallest absolute Gasteiger partial charge is 0.338 e. The van der Waals surface area contributed by atoms with Crippen molar-refractivity contribution in [2.45, 2.75) is 19.5 Å². The number of carbonyl (C=O) groups is 2. The van der Waals surface area contributed by atoms with Crippen LogP contribution in [0.5, 0.6) is 0 Å². The van der Waals surface area contributed by atoms with E-state index in [1.54, 1.807) is 13.0 Å². The van der Waals surface area contributed by atoms with Gasteiger partial charge in [0.25, 0.3) is 5.69 Å². The van der Waals surface area contributed by atoms with Crippen molar-refractivity contribution >= 4 is 17.7 Å². The molecule has 0 saturated heterocycles. The van der Waals surface area contributed by atoms with Crippen LogP contribution in [0, 0.1) is 10.1 Å². The monoisotopic (exact) mass is 425 g/mol. The quantitative estimate of drug-likeness (QED) is 0.301. The normalized spacial score (nSPS) is 16.1. The molecule has 1 aliphatic heterocycles. The highest BCUT2D eigenvalue weighted by atomic mass is 16.6. The summed E-state index contributed by atoms with van der Waals surface area (Å²) in [7, 11) is 1.48. The standard InChI is InChI=1S/C22H23N3O6/c1-15-19(21(26)31-13-12-30-2)20(17-10-6-7-11-18(17)25(28)29)23-22(27)24(15)14-16-8-4-3-5-9-16/h3-11,20H,12-14H2,1-2H3,(H,23,27)/t20-/m0/s1. The number of para-hydroxylation sites is 1. The Labute approximate surface area is 179 Å². The molecule has 9 heteroatoms. The van der Waals surface area contributed by atoms with Gasteiger partial charge in [0.15, 0.2) is 0 Å². The summed E-state index contributed by atoms with van der Waals surface area (Å²) in [5, 5.41) is 14.3. The van der Waals surface area contributed by atoms with Crippen LogP contribution in [-0.4, -0.2) is 42.1 Å². The van der Waals surface area contributed by atoms with Gasteiger partial charge >= 0.3 is 12.0 Å². The van der Waals surface area contributed by atoms with Crippen LogP contribution in [0.2, 0.25) is 0 Å². The second-order valence-corrected chi connectivity index (χ2v) is 6.90. The minimum absolute atomic E-state index is 0.0162. The van der Waals surface area contributed by atoms with Gasteiger partial charge in [-0.15, -0.1) is 0 Å². The summed E-state index contributed by atoms with van der Waals surface area (Å²) in [5.74, 6) is -0.671. The number of carbonyl (C=O) groups excluding carboxylic acids is 2. The van der Waals surface area contributed by atoms with Gasteiger partial charge in [-0.25, -0.2) is 9.59 Å². The molecule has 31 heavy (non-hydrogen) atoms. The fraction of sp³-hybridized carbons (Fsp3) is 0.273. The number of benzene rings is 2. The number of methoxy groups -OCH3 is 1. The minimum Gasteiger partial charge on any atom is -0.460 e. The third kappa shape index (κ3) is 4.89. The Morgan fingerprint density at radius 3 is 2.48 bits per heavy atom. The first-order valence-electron chi connectivity index (χ1n) is 9.66. The highest BCUT2D eigenvalue weighted by Crippen LogP contribution is 2.36. The number of nitro groups is 1. The summed E-state index contributed by atoms with van der Waals surface area (Å²) in [5.41, 5.74) is 1.39. The molecular formula is C22H23N3O6. The summed E-state index contributed by atoms with van der Waals surface area (Å²) in [6.45, 7) is 2.09. The largest absolute Gasteiger partial charge is 0.460 e. The maximum atomic E-state index is 13.0. The second-order valence-electron chi connectivity index (χ2n) is 6.90. The SMILES string of the molecule is COCCOC(=O)C1=C(C)N(Cc2ccccc2)C(=O)N[C@H]1c1ccccc1[N+](=O)[O-]. The molecule has 1 heterocycles. The van der Waals surface area contributed by atoms with Gasteiger partial charge in [-0.1, -0.05) is 42.5 Å². The average Bonchev–Trinajstić information content (AvgIpc) is 2.77. The number of urea groups is 1. The van der Waals surface area contributed by atoms with Gasteiger partial charge < -0.3 is 14.8 Å². The topological polar surface area (TPSA) is 111 Å².